The normalized spacial score (nSPS) is 11.1. The topological polar surface area (TPSA) is 66.2 Å². The second-order valence-corrected chi connectivity index (χ2v) is 5.78. The Kier molecular flexibility index (Phi) is 4.17. The molecule has 0 fully saturated rings. The lowest BCUT2D eigenvalue weighted by Crippen LogP contribution is -1.95. The van der Waals surface area contributed by atoms with Crippen LogP contribution in [0, 0.1) is 4.77 Å². The minimum Gasteiger partial charge on any atom is -0.507 e. The fourth-order valence-electron chi connectivity index (χ4n) is 1.92. The van der Waals surface area contributed by atoms with Crippen molar-refractivity contribution in [2.24, 2.45) is 5.10 Å². The lowest BCUT2D eigenvalue weighted by Gasteiger charge is -2.02. The second kappa shape index (κ2) is 6.25. The molecule has 5 nitrogen and oxygen atoms in total. The highest BCUT2D eigenvalue weighted by atomic mass is 79.9. The molecule has 0 saturated heterocycles. The van der Waals surface area contributed by atoms with Crippen LogP contribution in [-0.4, -0.2) is 26.2 Å². The predicted octanol–water partition coefficient (Wildman–Crippen LogP) is 3.96. The number of aromatic nitrogens is 3. The summed E-state index contributed by atoms with van der Waals surface area (Å²) in [6.45, 7) is 0. The van der Waals surface area contributed by atoms with Crippen LogP contribution < -0.4 is 0 Å². The summed E-state index contributed by atoms with van der Waals surface area (Å²) in [5, 5.41) is 21.1. The minimum absolute atomic E-state index is 0.142. The summed E-state index contributed by atoms with van der Waals surface area (Å²) >= 11 is 8.57. The van der Waals surface area contributed by atoms with E-state index in [0.29, 0.717) is 16.2 Å². The van der Waals surface area contributed by atoms with Crippen molar-refractivity contribution in [3.63, 3.8) is 0 Å². The van der Waals surface area contributed by atoms with E-state index < -0.39 is 0 Å². The van der Waals surface area contributed by atoms with Gasteiger partial charge in [-0.25, -0.2) is 5.10 Å². The Bertz CT molecular complexity index is 886. The number of aromatic hydroxyl groups is 1. The Morgan fingerprint density at radius 3 is 2.77 bits per heavy atom. The summed E-state index contributed by atoms with van der Waals surface area (Å²) in [6.07, 6.45) is 1.54. The molecule has 2 aromatic carbocycles. The van der Waals surface area contributed by atoms with Gasteiger partial charge < -0.3 is 5.11 Å². The zero-order valence-electron chi connectivity index (χ0n) is 11.3. The quantitative estimate of drug-likeness (QED) is 0.538. The molecule has 22 heavy (non-hydrogen) atoms. The third kappa shape index (κ3) is 3.00. The summed E-state index contributed by atoms with van der Waals surface area (Å²) < 4.78 is 2.75. The molecule has 0 atom stereocenters. The minimum atomic E-state index is 0.142. The molecular formula is C15H11BrN4OS. The molecule has 0 spiro atoms. The van der Waals surface area contributed by atoms with Gasteiger partial charge in [0.2, 0.25) is 4.77 Å². The number of hydrogen-bond donors (Lipinski definition) is 2. The van der Waals surface area contributed by atoms with E-state index in [1.54, 1.807) is 18.2 Å². The molecule has 3 rings (SSSR count). The first-order valence-corrected chi connectivity index (χ1v) is 7.61. The Labute approximate surface area is 140 Å². The average Bonchev–Trinajstić information content (AvgIpc) is 2.90. The van der Waals surface area contributed by atoms with Crippen molar-refractivity contribution in [1.82, 2.24) is 14.9 Å². The van der Waals surface area contributed by atoms with Gasteiger partial charge in [-0.2, -0.15) is 14.9 Å². The van der Waals surface area contributed by atoms with Crippen LogP contribution in [0.4, 0.5) is 0 Å². The molecule has 0 aliphatic carbocycles. The summed E-state index contributed by atoms with van der Waals surface area (Å²) in [4.78, 5) is 0. The standard InChI is InChI=1S/C15H11BrN4OS/c16-12-6-7-13(21)11(8-12)9-17-20-14(18-19-15(20)22)10-4-2-1-3-5-10/h1-9,21H,(H,19,22). The van der Waals surface area contributed by atoms with Gasteiger partial charge >= 0.3 is 0 Å². The first-order valence-electron chi connectivity index (χ1n) is 6.41. The first kappa shape index (κ1) is 14.7. The van der Waals surface area contributed by atoms with Gasteiger partial charge in [-0.1, -0.05) is 46.3 Å². The zero-order valence-corrected chi connectivity index (χ0v) is 13.7. The number of nitrogens with one attached hydrogen (secondary N) is 1. The van der Waals surface area contributed by atoms with E-state index in [9.17, 15) is 5.11 Å². The third-order valence-electron chi connectivity index (χ3n) is 2.98. The average molecular weight is 375 g/mol. The molecule has 0 aliphatic rings. The van der Waals surface area contributed by atoms with Crippen LogP contribution in [0.1, 0.15) is 5.56 Å². The Morgan fingerprint density at radius 2 is 2.00 bits per heavy atom. The van der Waals surface area contributed by atoms with E-state index in [1.165, 1.54) is 10.9 Å². The van der Waals surface area contributed by atoms with Crippen LogP contribution in [0.25, 0.3) is 11.4 Å². The summed E-state index contributed by atoms with van der Waals surface area (Å²) in [5.74, 6) is 0.750. The van der Waals surface area contributed by atoms with Gasteiger partial charge in [-0.15, -0.1) is 0 Å². The number of hydrogen-bond acceptors (Lipinski definition) is 4. The van der Waals surface area contributed by atoms with Gasteiger partial charge in [0.15, 0.2) is 5.82 Å². The number of halogens is 1. The number of H-pyrrole nitrogens is 1. The fraction of sp³-hybridized carbons (Fsp3) is 0. The molecule has 0 bridgehead atoms. The predicted molar refractivity (Wildman–Crippen MR) is 91.6 cm³/mol. The largest absolute Gasteiger partial charge is 0.507 e. The smallest absolute Gasteiger partial charge is 0.216 e. The summed E-state index contributed by atoms with van der Waals surface area (Å²) in [6, 6.07) is 14.7. The molecule has 0 saturated carbocycles. The summed E-state index contributed by atoms with van der Waals surface area (Å²) in [5.41, 5.74) is 1.47. The maximum absolute atomic E-state index is 9.85. The molecule has 110 valence electrons. The summed E-state index contributed by atoms with van der Waals surface area (Å²) in [7, 11) is 0. The highest BCUT2D eigenvalue weighted by Crippen LogP contribution is 2.21. The van der Waals surface area contributed by atoms with E-state index in [1.807, 2.05) is 30.3 Å². The van der Waals surface area contributed by atoms with Crippen LogP contribution in [-0.2, 0) is 0 Å². The SMILES string of the molecule is Oc1ccc(Br)cc1C=Nn1c(-c2ccccc2)n[nH]c1=S. The monoisotopic (exact) mass is 374 g/mol. The van der Waals surface area contributed by atoms with Gasteiger partial charge in [0.25, 0.3) is 0 Å². The van der Waals surface area contributed by atoms with Crippen LogP contribution >= 0.6 is 28.1 Å². The number of benzene rings is 2. The number of aromatic amines is 1. The lowest BCUT2D eigenvalue weighted by atomic mass is 10.2. The van der Waals surface area contributed by atoms with Crippen LogP contribution in [0.2, 0.25) is 0 Å². The zero-order chi connectivity index (χ0) is 15.5. The van der Waals surface area contributed by atoms with E-state index in [2.05, 4.69) is 31.2 Å². The number of rotatable bonds is 3. The van der Waals surface area contributed by atoms with Gasteiger partial charge in [-0.05, 0) is 30.4 Å². The van der Waals surface area contributed by atoms with Crippen molar-refractivity contribution >= 4 is 34.4 Å². The van der Waals surface area contributed by atoms with Crippen LogP contribution in [0.5, 0.6) is 5.75 Å². The molecule has 1 heterocycles. The number of phenols is 1. The van der Waals surface area contributed by atoms with E-state index in [4.69, 9.17) is 12.2 Å². The fourth-order valence-corrected chi connectivity index (χ4v) is 2.48. The van der Waals surface area contributed by atoms with Crippen molar-refractivity contribution in [3.8, 4) is 17.1 Å². The van der Waals surface area contributed by atoms with E-state index >= 15 is 0 Å². The molecular weight excluding hydrogens is 364 g/mol. The van der Waals surface area contributed by atoms with Gasteiger partial charge in [0.1, 0.15) is 5.75 Å². The third-order valence-corrected chi connectivity index (χ3v) is 3.74. The number of phenolic OH excluding ortho intramolecular Hbond substituents is 1. The van der Waals surface area contributed by atoms with Crippen molar-refractivity contribution in [3.05, 3.63) is 63.3 Å². The lowest BCUT2D eigenvalue weighted by molar-refractivity contribution is 0.474. The molecule has 0 amide bonds. The molecule has 0 aliphatic heterocycles. The molecule has 2 N–H and O–H groups in total. The Balaban J connectivity index is 2.03. The Hall–Kier alpha value is -2.25. The van der Waals surface area contributed by atoms with E-state index in [0.717, 1.165) is 10.0 Å². The maximum atomic E-state index is 9.85. The molecule has 0 unspecified atom stereocenters. The van der Waals surface area contributed by atoms with Crippen LogP contribution in [0.15, 0.2) is 58.1 Å². The van der Waals surface area contributed by atoms with Crippen molar-refractivity contribution in [1.29, 1.82) is 0 Å². The van der Waals surface area contributed by atoms with Gasteiger partial charge in [-0.3, -0.25) is 0 Å². The molecule has 0 radical (unpaired) electrons. The van der Waals surface area contributed by atoms with Crippen molar-refractivity contribution < 1.29 is 5.11 Å². The molecule has 7 heteroatoms. The molecule has 1 aromatic heterocycles. The number of nitrogens with zero attached hydrogens (tertiary/aromatic N) is 3. The van der Waals surface area contributed by atoms with Crippen molar-refractivity contribution in [2.45, 2.75) is 0 Å². The Morgan fingerprint density at radius 1 is 1.23 bits per heavy atom. The first-order chi connectivity index (χ1) is 10.6. The van der Waals surface area contributed by atoms with Crippen molar-refractivity contribution in [2.75, 3.05) is 0 Å². The highest BCUT2D eigenvalue weighted by molar-refractivity contribution is 9.10. The van der Waals surface area contributed by atoms with Crippen LogP contribution in [0.3, 0.4) is 0 Å². The molecule has 3 aromatic rings. The highest BCUT2D eigenvalue weighted by Gasteiger charge is 2.07. The van der Waals surface area contributed by atoms with Gasteiger partial charge in [0.05, 0.1) is 6.21 Å². The van der Waals surface area contributed by atoms with E-state index in [-0.39, 0.29) is 5.75 Å². The maximum Gasteiger partial charge on any atom is 0.216 e. The second-order valence-electron chi connectivity index (χ2n) is 4.48. The van der Waals surface area contributed by atoms with Gasteiger partial charge in [0, 0.05) is 15.6 Å².